The summed E-state index contributed by atoms with van der Waals surface area (Å²) in [5.41, 5.74) is 4.73. The van der Waals surface area contributed by atoms with Gasteiger partial charge in [-0.1, -0.05) is 26.0 Å². The van der Waals surface area contributed by atoms with E-state index in [1.807, 2.05) is 25.1 Å². The summed E-state index contributed by atoms with van der Waals surface area (Å²) in [6, 6.07) is 10.1. The smallest absolute Gasteiger partial charge is 0.277 e. The molecular formula is C21H27N3O3S. The molecule has 0 spiro atoms. The summed E-state index contributed by atoms with van der Waals surface area (Å²) < 4.78 is 11.1. The fraction of sp³-hybridized carbons (Fsp3) is 0.429. The minimum atomic E-state index is -0.280. The number of carbonyl (C=O) groups excluding carboxylic acids is 1. The van der Waals surface area contributed by atoms with Gasteiger partial charge >= 0.3 is 0 Å². The van der Waals surface area contributed by atoms with Crippen molar-refractivity contribution in [1.29, 1.82) is 0 Å². The predicted octanol–water partition coefficient (Wildman–Crippen LogP) is 3.55. The quantitative estimate of drug-likeness (QED) is 0.569. The van der Waals surface area contributed by atoms with Crippen LogP contribution in [-0.4, -0.2) is 45.0 Å². The van der Waals surface area contributed by atoms with Crippen LogP contribution in [0.15, 0.2) is 35.4 Å². The third kappa shape index (κ3) is 5.56. The second kappa shape index (κ2) is 9.71. The maximum atomic E-state index is 12.1. The van der Waals surface area contributed by atoms with Crippen LogP contribution in [0.5, 0.6) is 5.75 Å². The van der Waals surface area contributed by atoms with Crippen LogP contribution >= 0.6 is 11.3 Å². The first kappa shape index (κ1) is 20.4. The number of amides is 1. The van der Waals surface area contributed by atoms with E-state index in [4.69, 9.17) is 9.47 Å². The molecule has 7 heteroatoms. The van der Waals surface area contributed by atoms with Gasteiger partial charge < -0.3 is 14.4 Å². The van der Waals surface area contributed by atoms with Crippen molar-refractivity contribution in [1.82, 2.24) is 5.43 Å². The SMILES string of the molecule is Cc1ccc(C(C)C)c(OCC(=O)NN=Cc2ccc(N3CCOCC3)s2)c1. The summed E-state index contributed by atoms with van der Waals surface area (Å²) in [4.78, 5) is 15.3. The maximum absolute atomic E-state index is 12.1. The molecule has 0 aliphatic carbocycles. The Labute approximate surface area is 170 Å². The van der Waals surface area contributed by atoms with Crippen LogP contribution in [0.1, 0.15) is 35.8 Å². The number of carbonyl (C=O) groups is 1. The molecule has 3 rings (SSSR count). The van der Waals surface area contributed by atoms with Crippen molar-refractivity contribution in [2.75, 3.05) is 37.8 Å². The van der Waals surface area contributed by atoms with Crippen LogP contribution in [0.25, 0.3) is 0 Å². The standard InChI is InChI=1S/C21H27N3O3S/c1-15(2)18-6-4-16(3)12-19(18)27-14-20(25)23-22-13-17-5-7-21(28-17)24-8-10-26-11-9-24/h4-7,12-13,15H,8-11,14H2,1-3H3,(H,23,25). The van der Waals surface area contributed by atoms with Gasteiger partial charge in [0.05, 0.1) is 24.4 Å². The normalized spacial score (nSPS) is 14.6. The highest BCUT2D eigenvalue weighted by Crippen LogP contribution is 2.27. The lowest BCUT2D eigenvalue weighted by atomic mass is 10.0. The highest BCUT2D eigenvalue weighted by molar-refractivity contribution is 7.17. The molecule has 2 aromatic rings. The number of ether oxygens (including phenoxy) is 2. The zero-order chi connectivity index (χ0) is 19.9. The minimum Gasteiger partial charge on any atom is -0.483 e. The molecule has 28 heavy (non-hydrogen) atoms. The molecule has 1 aliphatic rings. The van der Waals surface area contributed by atoms with Crippen LogP contribution < -0.4 is 15.1 Å². The summed E-state index contributed by atoms with van der Waals surface area (Å²) >= 11 is 1.65. The highest BCUT2D eigenvalue weighted by atomic mass is 32.1. The second-order valence-corrected chi connectivity index (χ2v) is 8.15. The molecule has 150 valence electrons. The molecule has 1 aliphatic heterocycles. The number of nitrogens with one attached hydrogen (secondary N) is 1. The van der Waals surface area contributed by atoms with Crippen molar-refractivity contribution in [2.45, 2.75) is 26.7 Å². The molecule has 1 aromatic heterocycles. The van der Waals surface area contributed by atoms with Crippen LogP contribution in [0.4, 0.5) is 5.00 Å². The summed E-state index contributed by atoms with van der Waals surface area (Å²) in [6.45, 7) is 9.48. The van der Waals surface area contributed by atoms with Crippen molar-refractivity contribution in [3.05, 3.63) is 46.3 Å². The maximum Gasteiger partial charge on any atom is 0.277 e. The van der Waals surface area contributed by atoms with E-state index in [2.05, 4.69) is 41.4 Å². The molecule has 1 amide bonds. The summed E-state index contributed by atoms with van der Waals surface area (Å²) in [7, 11) is 0. The molecule has 1 fully saturated rings. The Kier molecular flexibility index (Phi) is 7.06. The molecule has 1 saturated heterocycles. The Morgan fingerprint density at radius 3 is 2.86 bits per heavy atom. The Hall–Kier alpha value is -2.38. The van der Waals surface area contributed by atoms with Crippen molar-refractivity contribution < 1.29 is 14.3 Å². The number of hydrogen-bond donors (Lipinski definition) is 1. The molecule has 6 nitrogen and oxygen atoms in total. The molecule has 1 aromatic carbocycles. The predicted molar refractivity (Wildman–Crippen MR) is 114 cm³/mol. The fourth-order valence-corrected chi connectivity index (χ4v) is 3.88. The third-order valence-corrected chi connectivity index (χ3v) is 5.55. The van der Waals surface area contributed by atoms with Crippen molar-refractivity contribution >= 4 is 28.5 Å². The van der Waals surface area contributed by atoms with E-state index >= 15 is 0 Å². The van der Waals surface area contributed by atoms with Crippen molar-refractivity contribution in [2.24, 2.45) is 5.10 Å². The molecule has 0 unspecified atom stereocenters. The van der Waals surface area contributed by atoms with Gasteiger partial charge in [-0.15, -0.1) is 11.3 Å². The first-order valence-corrected chi connectivity index (χ1v) is 10.3. The van der Waals surface area contributed by atoms with Gasteiger partial charge in [-0.2, -0.15) is 5.10 Å². The Morgan fingerprint density at radius 2 is 2.11 bits per heavy atom. The van der Waals surface area contributed by atoms with Crippen LogP contribution in [0, 0.1) is 6.92 Å². The first-order chi connectivity index (χ1) is 13.5. The lowest BCUT2D eigenvalue weighted by Crippen LogP contribution is -2.35. The number of hydrogen-bond acceptors (Lipinski definition) is 6. The largest absolute Gasteiger partial charge is 0.483 e. The number of hydrazone groups is 1. The Morgan fingerprint density at radius 1 is 1.32 bits per heavy atom. The van der Waals surface area contributed by atoms with Crippen molar-refractivity contribution in [3.8, 4) is 5.75 Å². The summed E-state index contributed by atoms with van der Waals surface area (Å²) in [5, 5.41) is 5.24. The number of benzene rings is 1. The number of rotatable bonds is 7. The lowest BCUT2D eigenvalue weighted by molar-refractivity contribution is -0.123. The topological polar surface area (TPSA) is 63.2 Å². The minimum absolute atomic E-state index is 0.0655. The van der Waals surface area contributed by atoms with E-state index in [9.17, 15) is 4.79 Å². The zero-order valence-corrected chi connectivity index (χ0v) is 17.4. The number of thiophene rings is 1. The lowest BCUT2D eigenvalue weighted by Gasteiger charge is -2.27. The van der Waals surface area contributed by atoms with Gasteiger partial charge in [-0.05, 0) is 42.2 Å². The Balaban J connectivity index is 1.49. The molecular weight excluding hydrogens is 374 g/mol. The Bertz CT molecular complexity index is 826. The number of anilines is 1. The summed E-state index contributed by atoms with van der Waals surface area (Å²) in [6.07, 6.45) is 1.67. The van der Waals surface area contributed by atoms with Gasteiger partial charge in [0.15, 0.2) is 6.61 Å². The van der Waals surface area contributed by atoms with E-state index < -0.39 is 0 Å². The molecule has 1 N–H and O–H groups in total. The first-order valence-electron chi connectivity index (χ1n) is 9.50. The van der Waals surface area contributed by atoms with E-state index in [1.54, 1.807) is 17.6 Å². The van der Waals surface area contributed by atoms with E-state index in [0.717, 1.165) is 48.1 Å². The summed E-state index contributed by atoms with van der Waals surface area (Å²) in [5.74, 6) is 0.802. The van der Waals surface area contributed by atoms with Gasteiger partial charge in [0.25, 0.3) is 5.91 Å². The zero-order valence-electron chi connectivity index (χ0n) is 16.6. The van der Waals surface area contributed by atoms with Gasteiger partial charge in [-0.25, -0.2) is 5.43 Å². The van der Waals surface area contributed by atoms with Gasteiger partial charge in [0, 0.05) is 18.0 Å². The van der Waals surface area contributed by atoms with Gasteiger partial charge in [0.2, 0.25) is 0 Å². The number of nitrogens with zero attached hydrogens (tertiary/aromatic N) is 2. The van der Waals surface area contributed by atoms with E-state index in [0.29, 0.717) is 5.92 Å². The molecule has 2 heterocycles. The molecule has 0 bridgehead atoms. The molecule has 0 atom stereocenters. The average Bonchev–Trinajstić information content (AvgIpc) is 3.16. The number of aryl methyl sites for hydroxylation is 1. The number of morpholine rings is 1. The second-order valence-electron chi connectivity index (χ2n) is 7.05. The van der Waals surface area contributed by atoms with E-state index in [-0.39, 0.29) is 12.5 Å². The molecule has 0 radical (unpaired) electrons. The highest BCUT2D eigenvalue weighted by Gasteiger charge is 2.13. The van der Waals surface area contributed by atoms with Crippen LogP contribution in [0.3, 0.4) is 0 Å². The average molecular weight is 402 g/mol. The van der Waals surface area contributed by atoms with E-state index in [1.165, 1.54) is 5.00 Å². The van der Waals surface area contributed by atoms with Gasteiger partial charge in [-0.3, -0.25) is 4.79 Å². The monoisotopic (exact) mass is 401 g/mol. The van der Waals surface area contributed by atoms with Gasteiger partial charge in [0.1, 0.15) is 5.75 Å². The van der Waals surface area contributed by atoms with Crippen LogP contribution in [0.2, 0.25) is 0 Å². The van der Waals surface area contributed by atoms with Crippen molar-refractivity contribution in [3.63, 3.8) is 0 Å². The van der Waals surface area contributed by atoms with Crippen LogP contribution in [-0.2, 0) is 9.53 Å². The fourth-order valence-electron chi connectivity index (χ4n) is 2.95. The molecule has 0 saturated carbocycles. The third-order valence-electron chi connectivity index (χ3n) is 4.47.